The van der Waals surface area contributed by atoms with Gasteiger partial charge in [-0.05, 0) is 18.4 Å². The Hall–Kier alpha value is -1.60. The third-order valence-corrected chi connectivity index (χ3v) is 3.68. The van der Waals surface area contributed by atoms with Crippen molar-refractivity contribution in [3.8, 4) is 5.75 Å². The molecule has 1 saturated heterocycles. The van der Waals surface area contributed by atoms with Gasteiger partial charge in [-0.2, -0.15) is 0 Å². The van der Waals surface area contributed by atoms with E-state index in [0.717, 1.165) is 11.3 Å². The number of thiophene rings is 1. The Balaban J connectivity index is 1.99. The molecule has 2 rings (SSSR count). The number of carboxylic acid groups (broad SMARTS) is 1. The highest BCUT2D eigenvalue weighted by Gasteiger charge is 2.25. The lowest BCUT2D eigenvalue weighted by atomic mass is 10.3. The molecule has 1 aromatic heterocycles. The number of morpholine rings is 1. The van der Waals surface area contributed by atoms with Crippen LogP contribution in [0.3, 0.4) is 0 Å². The van der Waals surface area contributed by atoms with Gasteiger partial charge in [0.1, 0.15) is 5.75 Å². The van der Waals surface area contributed by atoms with E-state index in [1.807, 2.05) is 0 Å². The molecule has 6 nitrogen and oxygen atoms in total. The van der Waals surface area contributed by atoms with E-state index < -0.39 is 12.1 Å². The summed E-state index contributed by atoms with van der Waals surface area (Å²) < 4.78 is 10.6. The molecule has 1 fully saturated rings. The lowest BCUT2D eigenvalue weighted by Crippen LogP contribution is -2.46. The molecule has 1 atom stereocenters. The molecule has 0 aromatic carbocycles. The van der Waals surface area contributed by atoms with E-state index in [0.29, 0.717) is 26.3 Å². The maximum absolute atomic E-state index is 12.1. The van der Waals surface area contributed by atoms with Gasteiger partial charge in [-0.1, -0.05) is 0 Å². The molecule has 1 unspecified atom stereocenters. The van der Waals surface area contributed by atoms with E-state index in [-0.39, 0.29) is 16.5 Å². The van der Waals surface area contributed by atoms with Crippen LogP contribution in [0.2, 0.25) is 0 Å². The summed E-state index contributed by atoms with van der Waals surface area (Å²) in [6.07, 6.45) is -0.703. The van der Waals surface area contributed by atoms with E-state index >= 15 is 0 Å². The molecule has 1 amide bonds. The van der Waals surface area contributed by atoms with E-state index in [4.69, 9.17) is 14.6 Å². The molecular weight excluding hydrogens is 270 g/mol. The van der Waals surface area contributed by atoms with Crippen molar-refractivity contribution in [3.05, 3.63) is 16.3 Å². The average Bonchev–Trinajstić information content (AvgIpc) is 2.87. The minimum atomic E-state index is -1.05. The quantitative estimate of drug-likeness (QED) is 0.895. The van der Waals surface area contributed by atoms with Gasteiger partial charge in [0.2, 0.25) is 0 Å². The summed E-state index contributed by atoms with van der Waals surface area (Å²) in [4.78, 5) is 24.8. The molecule has 1 aromatic rings. The van der Waals surface area contributed by atoms with Crippen molar-refractivity contribution in [2.75, 3.05) is 26.3 Å². The maximum Gasteiger partial charge on any atom is 0.349 e. The summed E-state index contributed by atoms with van der Waals surface area (Å²) in [6, 6.07) is 1.57. The molecular formula is C12H15NO5S. The van der Waals surface area contributed by atoms with Crippen molar-refractivity contribution in [3.63, 3.8) is 0 Å². The van der Waals surface area contributed by atoms with Gasteiger partial charge in [-0.3, -0.25) is 4.79 Å². The predicted octanol–water partition coefficient (Wildman–Crippen LogP) is 1.07. The highest BCUT2D eigenvalue weighted by molar-refractivity contribution is 7.12. The lowest BCUT2D eigenvalue weighted by Gasteiger charge is -2.29. The highest BCUT2D eigenvalue weighted by Crippen LogP contribution is 2.26. The Labute approximate surface area is 114 Å². The Bertz CT molecular complexity index is 466. The van der Waals surface area contributed by atoms with Crippen LogP contribution in [0.1, 0.15) is 16.6 Å². The SMILES string of the molecule is CC(Oc1ccsc1C(=O)O)C(=O)N1CCOCC1. The van der Waals surface area contributed by atoms with Crippen LogP contribution in [0.25, 0.3) is 0 Å². The number of nitrogens with zero attached hydrogens (tertiary/aromatic N) is 1. The van der Waals surface area contributed by atoms with Crippen LogP contribution in [-0.2, 0) is 9.53 Å². The number of carbonyl (C=O) groups excluding carboxylic acids is 1. The van der Waals surface area contributed by atoms with Gasteiger partial charge in [-0.25, -0.2) is 4.79 Å². The van der Waals surface area contributed by atoms with E-state index in [1.165, 1.54) is 0 Å². The molecule has 0 bridgehead atoms. The van der Waals surface area contributed by atoms with Crippen molar-refractivity contribution in [2.45, 2.75) is 13.0 Å². The molecule has 2 heterocycles. The number of amides is 1. The summed E-state index contributed by atoms with van der Waals surface area (Å²) in [6.45, 7) is 3.76. The number of carboxylic acids is 1. The van der Waals surface area contributed by atoms with E-state index in [9.17, 15) is 9.59 Å². The summed E-state index contributed by atoms with van der Waals surface area (Å²) in [5, 5.41) is 10.6. The van der Waals surface area contributed by atoms with Crippen LogP contribution in [0.4, 0.5) is 0 Å². The first-order valence-corrected chi connectivity index (χ1v) is 6.81. The molecule has 0 saturated carbocycles. The monoisotopic (exact) mass is 285 g/mol. The number of hydrogen-bond acceptors (Lipinski definition) is 5. The molecule has 0 radical (unpaired) electrons. The normalized spacial score (nSPS) is 17.0. The lowest BCUT2D eigenvalue weighted by molar-refractivity contribution is -0.142. The van der Waals surface area contributed by atoms with Crippen LogP contribution in [-0.4, -0.2) is 54.3 Å². The number of rotatable bonds is 4. The molecule has 1 aliphatic heterocycles. The van der Waals surface area contributed by atoms with Crippen molar-refractivity contribution in [2.24, 2.45) is 0 Å². The zero-order chi connectivity index (χ0) is 13.8. The van der Waals surface area contributed by atoms with Crippen molar-refractivity contribution in [1.29, 1.82) is 0 Å². The summed E-state index contributed by atoms with van der Waals surface area (Å²) in [7, 11) is 0. The Morgan fingerprint density at radius 1 is 1.47 bits per heavy atom. The first-order valence-electron chi connectivity index (χ1n) is 5.93. The van der Waals surface area contributed by atoms with Crippen LogP contribution in [0.5, 0.6) is 5.75 Å². The Morgan fingerprint density at radius 2 is 2.16 bits per heavy atom. The topological polar surface area (TPSA) is 76.1 Å². The Morgan fingerprint density at radius 3 is 2.79 bits per heavy atom. The van der Waals surface area contributed by atoms with Crippen LogP contribution >= 0.6 is 11.3 Å². The first kappa shape index (κ1) is 13.8. The standard InChI is InChI=1S/C12H15NO5S/c1-8(11(14)13-3-5-17-6-4-13)18-9-2-7-19-10(9)12(15)16/h2,7-8H,3-6H2,1H3,(H,15,16). The summed E-state index contributed by atoms with van der Waals surface area (Å²) in [5.41, 5.74) is 0. The molecule has 19 heavy (non-hydrogen) atoms. The van der Waals surface area contributed by atoms with E-state index in [2.05, 4.69) is 0 Å². The average molecular weight is 285 g/mol. The van der Waals surface area contributed by atoms with Gasteiger partial charge >= 0.3 is 5.97 Å². The predicted molar refractivity (Wildman–Crippen MR) is 68.8 cm³/mol. The van der Waals surface area contributed by atoms with Gasteiger partial charge in [0, 0.05) is 13.1 Å². The number of hydrogen-bond donors (Lipinski definition) is 1. The van der Waals surface area contributed by atoms with Crippen molar-refractivity contribution < 1.29 is 24.2 Å². The maximum atomic E-state index is 12.1. The van der Waals surface area contributed by atoms with Gasteiger partial charge < -0.3 is 19.5 Å². The van der Waals surface area contributed by atoms with Gasteiger partial charge in [0.05, 0.1) is 13.2 Å². The molecule has 0 spiro atoms. The zero-order valence-electron chi connectivity index (χ0n) is 10.5. The van der Waals surface area contributed by atoms with Crippen LogP contribution < -0.4 is 4.74 Å². The third kappa shape index (κ3) is 3.24. The minimum absolute atomic E-state index is 0.113. The van der Waals surface area contributed by atoms with E-state index in [1.54, 1.807) is 23.3 Å². The van der Waals surface area contributed by atoms with Crippen LogP contribution in [0, 0.1) is 0 Å². The van der Waals surface area contributed by atoms with Gasteiger partial charge in [0.25, 0.3) is 5.91 Å². The van der Waals surface area contributed by atoms with Gasteiger partial charge in [-0.15, -0.1) is 11.3 Å². The second kappa shape index (κ2) is 6.03. The zero-order valence-corrected chi connectivity index (χ0v) is 11.3. The fourth-order valence-electron chi connectivity index (χ4n) is 1.83. The van der Waals surface area contributed by atoms with Crippen molar-refractivity contribution >= 4 is 23.2 Å². The fourth-order valence-corrected chi connectivity index (χ4v) is 2.49. The smallest absolute Gasteiger partial charge is 0.349 e. The summed E-state index contributed by atoms with van der Waals surface area (Å²) in [5.74, 6) is -0.950. The summed E-state index contributed by atoms with van der Waals surface area (Å²) >= 11 is 1.08. The first-order chi connectivity index (χ1) is 9.09. The second-order valence-electron chi connectivity index (χ2n) is 4.12. The molecule has 104 valence electrons. The van der Waals surface area contributed by atoms with Gasteiger partial charge in [0.15, 0.2) is 11.0 Å². The number of carbonyl (C=O) groups is 2. The third-order valence-electron chi connectivity index (χ3n) is 2.80. The molecule has 1 N–H and O–H groups in total. The highest BCUT2D eigenvalue weighted by atomic mass is 32.1. The number of ether oxygens (including phenoxy) is 2. The number of aromatic carboxylic acids is 1. The Kier molecular flexibility index (Phi) is 4.39. The second-order valence-corrected chi connectivity index (χ2v) is 5.03. The molecule has 1 aliphatic rings. The largest absolute Gasteiger partial charge is 0.479 e. The van der Waals surface area contributed by atoms with Crippen molar-refractivity contribution in [1.82, 2.24) is 4.90 Å². The molecule has 0 aliphatic carbocycles. The minimum Gasteiger partial charge on any atom is -0.479 e. The molecule has 7 heteroatoms. The van der Waals surface area contributed by atoms with Crippen LogP contribution in [0.15, 0.2) is 11.4 Å². The fraction of sp³-hybridized carbons (Fsp3) is 0.500.